The lowest BCUT2D eigenvalue weighted by molar-refractivity contribution is -0.114. The van der Waals surface area contributed by atoms with Gasteiger partial charge in [-0.3, -0.25) is 13.8 Å². The number of rotatable bonds is 10. The third kappa shape index (κ3) is 7.72. The maximum absolute atomic E-state index is 12.7. The van der Waals surface area contributed by atoms with Crippen molar-refractivity contribution in [3.63, 3.8) is 0 Å². The van der Waals surface area contributed by atoms with Crippen LogP contribution in [0.2, 0.25) is 0 Å². The highest BCUT2D eigenvalue weighted by atomic mass is 32.2. The summed E-state index contributed by atoms with van der Waals surface area (Å²) >= 11 is 0. The van der Waals surface area contributed by atoms with Gasteiger partial charge in [0.05, 0.1) is 23.4 Å². The molecule has 2 N–H and O–H groups in total. The number of carbonyl (C=O) groups excluding carboxylic acids is 1. The Morgan fingerprint density at radius 2 is 1.39 bits per heavy atom. The van der Waals surface area contributed by atoms with Crippen LogP contribution in [-0.2, 0) is 30.3 Å². The van der Waals surface area contributed by atoms with Crippen molar-refractivity contribution < 1.29 is 26.4 Å². The highest BCUT2D eigenvalue weighted by molar-refractivity contribution is 7.92. The van der Waals surface area contributed by atoms with Gasteiger partial charge in [-0.05, 0) is 78.6 Å². The molecule has 0 aromatic heterocycles. The molecule has 0 fully saturated rings. The van der Waals surface area contributed by atoms with Crippen molar-refractivity contribution in [2.45, 2.75) is 38.0 Å². The van der Waals surface area contributed by atoms with E-state index in [2.05, 4.69) is 30.8 Å². The van der Waals surface area contributed by atoms with Crippen LogP contribution in [0.15, 0.2) is 77.7 Å². The Balaban J connectivity index is 1.68. The van der Waals surface area contributed by atoms with Crippen LogP contribution in [0.4, 0.5) is 17.1 Å². The first-order chi connectivity index (χ1) is 17.7. The largest absolute Gasteiger partial charge is 0.494 e. The van der Waals surface area contributed by atoms with Crippen LogP contribution in [0, 0.1) is 0 Å². The third-order valence-electron chi connectivity index (χ3n) is 5.57. The predicted octanol–water partition coefficient (Wildman–Crippen LogP) is 4.59. The van der Waals surface area contributed by atoms with Gasteiger partial charge in [-0.15, -0.1) is 0 Å². The summed E-state index contributed by atoms with van der Waals surface area (Å²) in [6, 6.07) is 19.1. The molecule has 3 aromatic rings. The highest BCUT2D eigenvalue weighted by Crippen LogP contribution is 2.26. The van der Waals surface area contributed by atoms with Gasteiger partial charge in [0.2, 0.25) is 15.9 Å². The SMILES string of the molecule is CCOc1ccc(NS(=O)(=O)c2ccc(NC(=O)CN(c3ccc(C(C)(C)C)cc3)S(C)(=O)=O)cc2)cc1. The van der Waals surface area contributed by atoms with E-state index in [-0.39, 0.29) is 10.3 Å². The van der Waals surface area contributed by atoms with Crippen LogP contribution in [0.1, 0.15) is 33.3 Å². The number of hydrogen-bond acceptors (Lipinski definition) is 6. The number of nitrogens with zero attached hydrogens (tertiary/aromatic N) is 1. The van der Waals surface area contributed by atoms with Crippen molar-refractivity contribution >= 4 is 43.0 Å². The van der Waals surface area contributed by atoms with Crippen molar-refractivity contribution in [2.24, 2.45) is 0 Å². The number of sulfonamides is 2. The summed E-state index contributed by atoms with van der Waals surface area (Å²) in [4.78, 5) is 12.7. The van der Waals surface area contributed by atoms with Gasteiger partial charge in [-0.2, -0.15) is 0 Å². The zero-order valence-corrected chi connectivity index (χ0v) is 23.7. The first-order valence-electron chi connectivity index (χ1n) is 11.9. The third-order valence-corrected chi connectivity index (χ3v) is 8.11. The van der Waals surface area contributed by atoms with Crippen LogP contribution < -0.4 is 19.1 Å². The van der Waals surface area contributed by atoms with E-state index < -0.39 is 32.5 Å². The van der Waals surface area contributed by atoms with E-state index in [1.54, 1.807) is 36.4 Å². The van der Waals surface area contributed by atoms with Gasteiger partial charge in [-0.25, -0.2) is 16.8 Å². The van der Waals surface area contributed by atoms with E-state index in [0.717, 1.165) is 16.1 Å². The molecule has 204 valence electrons. The second-order valence-electron chi connectivity index (χ2n) is 9.70. The number of anilines is 3. The zero-order chi connectivity index (χ0) is 28.1. The molecule has 0 atom stereocenters. The monoisotopic (exact) mass is 559 g/mol. The Morgan fingerprint density at radius 1 is 0.842 bits per heavy atom. The molecule has 0 saturated heterocycles. The molecule has 11 heteroatoms. The molecule has 0 spiro atoms. The first-order valence-corrected chi connectivity index (χ1v) is 15.3. The summed E-state index contributed by atoms with van der Waals surface area (Å²) in [7, 11) is -7.60. The van der Waals surface area contributed by atoms with Gasteiger partial charge in [-0.1, -0.05) is 32.9 Å². The minimum Gasteiger partial charge on any atom is -0.494 e. The summed E-state index contributed by atoms with van der Waals surface area (Å²) in [5, 5.41) is 2.62. The lowest BCUT2D eigenvalue weighted by atomic mass is 9.87. The Morgan fingerprint density at radius 3 is 1.89 bits per heavy atom. The van der Waals surface area contributed by atoms with E-state index in [9.17, 15) is 21.6 Å². The Kier molecular flexibility index (Phi) is 8.73. The van der Waals surface area contributed by atoms with E-state index in [0.29, 0.717) is 29.4 Å². The van der Waals surface area contributed by atoms with E-state index >= 15 is 0 Å². The molecule has 0 aliphatic rings. The fourth-order valence-corrected chi connectivity index (χ4v) is 5.49. The second kappa shape index (κ2) is 11.4. The predicted molar refractivity (Wildman–Crippen MR) is 151 cm³/mol. The average Bonchev–Trinajstić information content (AvgIpc) is 2.83. The summed E-state index contributed by atoms with van der Waals surface area (Å²) in [6.45, 7) is 8.08. The van der Waals surface area contributed by atoms with E-state index in [1.165, 1.54) is 24.3 Å². The number of amides is 1. The molecule has 0 heterocycles. The van der Waals surface area contributed by atoms with Crippen LogP contribution in [0.5, 0.6) is 5.75 Å². The van der Waals surface area contributed by atoms with E-state index in [4.69, 9.17) is 4.74 Å². The molecule has 0 unspecified atom stereocenters. The van der Waals surface area contributed by atoms with Crippen LogP contribution in [0.3, 0.4) is 0 Å². The quantitative estimate of drug-likeness (QED) is 0.375. The van der Waals surface area contributed by atoms with Gasteiger partial charge >= 0.3 is 0 Å². The van der Waals surface area contributed by atoms with Crippen molar-refractivity contribution in [3.8, 4) is 5.75 Å². The minimum atomic E-state index is -3.86. The highest BCUT2D eigenvalue weighted by Gasteiger charge is 2.22. The smallest absolute Gasteiger partial charge is 0.261 e. The van der Waals surface area contributed by atoms with Crippen LogP contribution in [-0.4, -0.2) is 42.2 Å². The van der Waals surface area contributed by atoms with E-state index in [1.807, 2.05) is 19.1 Å². The van der Waals surface area contributed by atoms with Crippen molar-refractivity contribution in [3.05, 3.63) is 78.4 Å². The van der Waals surface area contributed by atoms with Gasteiger partial charge in [0.1, 0.15) is 12.3 Å². The standard InChI is InChI=1S/C27H33N3O6S2/c1-6-36-24-15-9-22(10-16-24)29-38(34,35)25-17-11-21(12-18-25)28-26(31)19-30(37(5,32)33)23-13-7-20(8-14-23)27(2,3)4/h7-18,29H,6,19H2,1-5H3,(H,28,31). The summed E-state index contributed by atoms with van der Waals surface area (Å²) in [6.07, 6.45) is 1.04. The topological polar surface area (TPSA) is 122 Å². The number of ether oxygens (including phenoxy) is 1. The fourth-order valence-electron chi connectivity index (χ4n) is 3.58. The number of hydrogen-bond donors (Lipinski definition) is 2. The Bertz CT molecular complexity index is 1460. The molecule has 1 amide bonds. The molecule has 0 aliphatic carbocycles. The van der Waals surface area contributed by atoms with Crippen molar-refractivity contribution in [1.29, 1.82) is 0 Å². The Hall–Kier alpha value is -3.57. The molecular formula is C27H33N3O6S2. The number of nitrogens with one attached hydrogen (secondary N) is 2. The Labute approximate surface area is 224 Å². The van der Waals surface area contributed by atoms with Gasteiger partial charge < -0.3 is 10.1 Å². The summed E-state index contributed by atoms with van der Waals surface area (Å²) in [5.41, 5.74) is 2.01. The molecule has 9 nitrogen and oxygen atoms in total. The molecule has 3 rings (SSSR count). The molecule has 0 saturated carbocycles. The maximum Gasteiger partial charge on any atom is 0.261 e. The molecule has 38 heavy (non-hydrogen) atoms. The van der Waals surface area contributed by atoms with Crippen LogP contribution in [0.25, 0.3) is 0 Å². The van der Waals surface area contributed by atoms with Gasteiger partial charge in [0, 0.05) is 11.4 Å². The lowest BCUT2D eigenvalue weighted by Crippen LogP contribution is -2.37. The van der Waals surface area contributed by atoms with Crippen molar-refractivity contribution in [1.82, 2.24) is 0 Å². The second-order valence-corrected chi connectivity index (χ2v) is 13.3. The first kappa shape index (κ1) is 29.0. The minimum absolute atomic E-state index is 0.00100. The molecular weight excluding hydrogens is 526 g/mol. The average molecular weight is 560 g/mol. The zero-order valence-electron chi connectivity index (χ0n) is 22.1. The fraction of sp³-hybridized carbons (Fsp3) is 0.296. The normalized spacial score (nSPS) is 12.0. The maximum atomic E-state index is 12.7. The van der Waals surface area contributed by atoms with Crippen molar-refractivity contribution in [2.75, 3.05) is 33.8 Å². The number of carbonyl (C=O) groups is 1. The van der Waals surface area contributed by atoms with Crippen LogP contribution >= 0.6 is 0 Å². The van der Waals surface area contributed by atoms with Gasteiger partial charge in [0.15, 0.2) is 0 Å². The number of benzene rings is 3. The molecule has 0 radical (unpaired) electrons. The molecule has 0 aliphatic heterocycles. The molecule has 3 aromatic carbocycles. The summed E-state index contributed by atoms with van der Waals surface area (Å²) in [5.74, 6) is 0.0605. The summed E-state index contributed by atoms with van der Waals surface area (Å²) < 4.78 is 59.2. The van der Waals surface area contributed by atoms with Gasteiger partial charge in [0.25, 0.3) is 10.0 Å². The lowest BCUT2D eigenvalue weighted by Gasteiger charge is -2.24. The molecule has 0 bridgehead atoms.